The van der Waals surface area contributed by atoms with Crippen LogP contribution < -0.4 is 5.32 Å². The molecule has 21 heavy (non-hydrogen) atoms. The van der Waals surface area contributed by atoms with Crippen molar-refractivity contribution in [1.82, 2.24) is 5.32 Å². The van der Waals surface area contributed by atoms with Gasteiger partial charge in [0.15, 0.2) is 0 Å². The van der Waals surface area contributed by atoms with Gasteiger partial charge in [0.1, 0.15) is 5.82 Å². The van der Waals surface area contributed by atoms with Gasteiger partial charge in [-0.1, -0.05) is 36.7 Å². The predicted molar refractivity (Wildman–Crippen MR) is 86.1 cm³/mol. The Balaban J connectivity index is 2.20. The van der Waals surface area contributed by atoms with Gasteiger partial charge in [0.05, 0.1) is 16.1 Å². The van der Waals surface area contributed by atoms with Crippen LogP contribution in [-0.4, -0.2) is 5.91 Å². The lowest BCUT2D eigenvalue weighted by Gasteiger charge is -2.18. The van der Waals surface area contributed by atoms with Gasteiger partial charge >= 0.3 is 0 Å². The number of carbonyl (C=O) groups is 1. The summed E-state index contributed by atoms with van der Waals surface area (Å²) in [6, 6.07) is 11.6. The molecular weight excluding hydrogens is 357 g/mol. The third-order valence-corrected chi connectivity index (χ3v) is 4.24. The Morgan fingerprint density at radius 3 is 2.57 bits per heavy atom. The third kappa shape index (κ3) is 3.83. The quantitative estimate of drug-likeness (QED) is 0.795. The first-order valence-corrected chi connectivity index (χ1v) is 7.70. The molecule has 5 heteroatoms. The fraction of sp³-hybridized carbons (Fsp3) is 0.188. The van der Waals surface area contributed by atoms with Crippen LogP contribution in [0.1, 0.15) is 35.3 Å². The lowest BCUT2D eigenvalue weighted by Crippen LogP contribution is -2.28. The van der Waals surface area contributed by atoms with Crippen molar-refractivity contribution in [2.75, 3.05) is 0 Å². The van der Waals surface area contributed by atoms with E-state index in [2.05, 4.69) is 21.2 Å². The van der Waals surface area contributed by atoms with Crippen LogP contribution in [0, 0.1) is 5.82 Å². The van der Waals surface area contributed by atoms with Crippen molar-refractivity contribution in [2.45, 2.75) is 19.4 Å². The molecule has 0 saturated heterocycles. The molecule has 0 fully saturated rings. The maximum Gasteiger partial charge on any atom is 0.253 e. The molecule has 0 heterocycles. The number of hydrogen-bond acceptors (Lipinski definition) is 1. The standard InChI is InChI=1S/C16H14BrClFNO/c1-2-14(10-6-8-11(18)9-7-10)20-16(21)12-4-3-5-13(19)15(12)17/h3-9,14H,2H2,1H3,(H,20,21). The highest BCUT2D eigenvalue weighted by atomic mass is 79.9. The molecule has 2 aromatic carbocycles. The molecule has 0 saturated carbocycles. The van der Waals surface area contributed by atoms with Gasteiger partial charge in [0.25, 0.3) is 5.91 Å². The lowest BCUT2D eigenvalue weighted by molar-refractivity contribution is 0.0934. The van der Waals surface area contributed by atoms with E-state index < -0.39 is 5.82 Å². The molecule has 1 atom stereocenters. The Kier molecular flexibility index (Phi) is 5.37. The van der Waals surface area contributed by atoms with E-state index >= 15 is 0 Å². The number of halogens is 3. The normalized spacial score (nSPS) is 12.0. The maximum atomic E-state index is 13.5. The van der Waals surface area contributed by atoms with E-state index in [9.17, 15) is 9.18 Å². The second-order valence-corrected chi connectivity index (χ2v) is 5.82. The van der Waals surface area contributed by atoms with Crippen molar-refractivity contribution in [3.05, 3.63) is 68.9 Å². The van der Waals surface area contributed by atoms with Crippen LogP contribution in [0.5, 0.6) is 0 Å². The summed E-state index contributed by atoms with van der Waals surface area (Å²) >= 11 is 8.97. The van der Waals surface area contributed by atoms with Gasteiger partial charge in [0.2, 0.25) is 0 Å². The highest BCUT2D eigenvalue weighted by molar-refractivity contribution is 9.10. The molecule has 2 nitrogen and oxygen atoms in total. The molecule has 0 spiro atoms. The van der Waals surface area contributed by atoms with Gasteiger partial charge in [-0.3, -0.25) is 4.79 Å². The van der Waals surface area contributed by atoms with Gasteiger partial charge in [0, 0.05) is 5.02 Å². The fourth-order valence-electron chi connectivity index (χ4n) is 2.03. The van der Waals surface area contributed by atoms with Gasteiger partial charge in [-0.2, -0.15) is 0 Å². The average molecular weight is 371 g/mol. The first-order chi connectivity index (χ1) is 10.0. The van der Waals surface area contributed by atoms with Crippen molar-refractivity contribution >= 4 is 33.4 Å². The molecule has 110 valence electrons. The van der Waals surface area contributed by atoms with Crippen molar-refractivity contribution in [1.29, 1.82) is 0 Å². The summed E-state index contributed by atoms with van der Waals surface area (Å²) in [4.78, 5) is 12.3. The molecule has 2 aromatic rings. The lowest BCUT2D eigenvalue weighted by atomic mass is 10.0. The van der Waals surface area contributed by atoms with Crippen LogP contribution in [0.25, 0.3) is 0 Å². The van der Waals surface area contributed by atoms with Gasteiger partial charge in [-0.15, -0.1) is 0 Å². The third-order valence-electron chi connectivity index (χ3n) is 3.18. The van der Waals surface area contributed by atoms with E-state index in [1.807, 2.05) is 19.1 Å². The van der Waals surface area contributed by atoms with Crippen LogP contribution in [0.15, 0.2) is 46.9 Å². The zero-order chi connectivity index (χ0) is 15.4. The average Bonchev–Trinajstić information content (AvgIpc) is 2.48. The topological polar surface area (TPSA) is 29.1 Å². The number of carbonyl (C=O) groups excluding carboxylic acids is 1. The molecule has 0 bridgehead atoms. The van der Waals surface area contributed by atoms with Crippen LogP contribution in [0.3, 0.4) is 0 Å². The summed E-state index contributed by atoms with van der Waals surface area (Å²) in [5.41, 5.74) is 1.24. The van der Waals surface area contributed by atoms with Crippen LogP contribution in [0.2, 0.25) is 5.02 Å². The van der Waals surface area contributed by atoms with Gasteiger partial charge in [-0.25, -0.2) is 4.39 Å². The van der Waals surface area contributed by atoms with E-state index in [-0.39, 0.29) is 22.0 Å². The summed E-state index contributed by atoms with van der Waals surface area (Å²) in [5, 5.41) is 3.55. The smallest absolute Gasteiger partial charge is 0.253 e. The molecule has 1 N–H and O–H groups in total. The SMILES string of the molecule is CCC(NC(=O)c1cccc(F)c1Br)c1ccc(Cl)cc1. The van der Waals surface area contributed by atoms with Gasteiger partial charge in [-0.05, 0) is 52.2 Å². The number of nitrogens with one attached hydrogen (secondary N) is 1. The van der Waals surface area contributed by atoms with E-state index in [1.165, 1.54) is 12.1 Å². The fourth-order valence-corrected chi connectivity index (χ4v) is 2.60. The van der Waals surface area contributed by atoms with E-state index in [1.54, 1.807) is 18.2 Å². The Hall–Kier alpha value is -1.39. The molecule has 0 radical (unpaired) electrons. The zero-order valence-corrected chi connectivity index (χ0v) is 13.7. The zero-order valence-electron chi connectivity index (χ0n) is 11.4. The molecule has 1 unspecified atom stereocenters. The number of benzene rings is 2. The monoisotopic (exact) mass is 369 g/mol. The summed E-state index contributed by atoms with van der Waals surface area (Å²) in [6.07, 6.45) is 0.723. The molecule has 0 aliphatic carbocycles. The predicted octanol–water partition coefficient (Wildman–Crippen LogP) is 5.12. The highest BCUT2D eigenvalue weighted by Gasteiger charge is 2.17. The van der Waals surface area contributed by atoms with Crippen molar-refractivity contribution in [2.24, 2.45) is 0 Å². The molecule has 0 aliphatic heterocycles. The first kappa shape index (κ1) is 16.0. The minimum absolute atomic E-state index is 0.148. The summed E-state index contributed by atoms with van der Waals surface area (Å²) in [5.74, 6) is -0.773. The Bertz CT molecular complexity index is 645. The molecule has 0 aromatic heterocycles. The Morgan fingerprint density at radius 2 is 1.95 bits per heavy atom. The van der Waals surface area contributed by atoms with Crippen LogP contribution in [0.4, 0.5) is 4.39 Å². The Labute approximate surface area is 136 Å². The number of amides is 1. The van der Waals surface area contributed by atoms with E-state index in [0.717, 1.165) is 12.0 Å². The molecule has 1 amide bonds. The maximum absolute atomic E-state index is 13.5. The van der Waals surface area contributed by atoms with Crippen molar-refractivity contribution in [3.8, 4) is 0 Å². The van der Waals surface area contributed by atoms with E-state index in [4.69, 9.17) is 11.6 Å². The van der Waals surface area contributed by atoms with Crippen LogP contribution in [-0.2, 0) is 0 Å². The largest absolute Gasteiger partial charge is 0.345 e. The summed E-state index contributed by atoms with van der Waals surface area (Å²) in [7, 11) is 0. The summed E-state index contributed by atoms with van der Waals surface area (Å²) in [6.45, 7) is 1.97. The van der Waals surface area contributed by atoms with Crippen LogP contribution >= 0.6 is 27.5 Å². The molecule has 2 rings (SSSR count). The Morgan fingerprint density at radius 1 is 1.29 bits per heavy atom. The van der Waals surface area contributed by atoms with Crippen molar-refractivity contribution in [3.63, 3.8) is 0 Å². The minimum Gasteiger partial charge on any atom is -0.345 e. The number of rotatable bonds is 4. The van der Waals surface area contributed by atoms with Gasteiger partial charge < -0.3 is 5.32 Å². The van der Waals surface area contributed by atoms with Crippen molar-refractivity contribution < 1.29 is 9.18 Å². The molecule has 0 aliphatic rings. The second-order valence-electron chi connectivity index (χ2n) is 4.59. The minimum atomic E-state index is -0.456. The molecular formula is C16H14BrClFNO. The summed E-state index contributed by atoms with van der Waals surface area (Å²) < 4.78 is 13.7. The highest BCUT2D eigenvalue weighted by Crippen LogP contribution is 2.23. The number of hydrogen-bond donors (Lipinski definition) is 1. The van der Waals surface area contributed by atoms with E-state index in [0.29, 0.717) is 5.02 Å². The first-order valence-electron chi connectivity index (χ1n) is 6.53. The second kappa shape index (κ2) is 7.05.